The summed E-state index contributed by atoms with van der Waals surface area (Å²) in [5, 5.41) is 3.06. The monoisotopic (exact) mass is 352 g/mol. The van der Waals surface area contributed by atoms with Crippen molar-refractivity contribution in [2.75, 3.05) is 12.4 Å². The van der Waals surface area contributed by atoms with Gasteiger partial charge in [-0.15, -0.1) is 0 Å². The van der Waals surface area contributed by atoms with Crippen molar-refractivity contribution in [1.29, 1.82) is 0 Å². The largest absolute Gasteiger partial charge is 0.464 e. The second-order valence-corrected chi connectivity index (χ2v) is 7.27. The van der Waals surface area contributed by atoms with Crippen LogP contribution in [0, 0.1) is 0 Å². The molecular weight excluding hydrogens is 328 g/mol. The number of methoxy groups -OCH3 is 1. The molecule has 1 amide bonds. The van der Waals surface area contributed by atoms with Crippen LogP contribution in [0.1, 0.15) is 55.2 Å². The number of para-hydroxylation sites is 1. The number of nitrogens with zero attached hydrogens (tertiary/aromatic N) is 1. The molecule has 5 nitrogen and oxygen atoms in total. The van der Waals surface area contributed by atoms with Crippen molar-refractivity contribution in [2.24, 2.45) is 0 Å². The molecular formula is C21H24N2O3. The molecule has 0 saturated carbocycles. The summed E-state index contributed by atoms with van der Waals surface area (Å²) in [4.78, 5) is 24.9. The van der Waals surface area contributed by atoms with Gasteiger partial charge in [0.2, 0.25) is 5.91 Å². The van der Waals surface area contributed by atoms with E-state index in [9.17, 15) is 9.59 Å². The topological polar surface area (TPSA) is 60.3 Å². The van der Waals surface area contributed by atoms with E-state index in [2.05, 4.69) is 16.8 Å². The summed E-state index contributed by atoms with van der Waals surface area (Å²) >= 11 is 0. The van der Waals surface area contributed by atoms with Crippen LogP contribution in [0.25, 0.3) is 11.1 Å². The third-order valence-electron chi connectivity index (χ3n) is 6.03. The van der Waals surface area contributed by atoms with Crippen molar-refractivity contribution < 1.29 is 14.3 Å². The lowest BCUT2D eigenvalue weighted by Crippen LogP contribution is -2.35. The van der Waals surface area contributed by atoms with Crippen LogP contribution in [0.5, 0.6) is 0 Å². The molecule has 0 spiro atoms. The highest BCUT2D eigenvalue weighted by Gasteiger charge is 2.41. The SMILES string of the molecule is CC[C@]12CCCn3c(C(=O)OC)cc(c31)-c1ccccc1NC(=O)CC2. The molecule has 0 unspecified atom stereocenters. The summed E-state index contributed by atoms with van der Waals surface area (Å²) in [6.45, 7) is 3.00. The van der Waals surface area contributed by atoms with E-state index in [1.165, 1.54) is 12.8 Å². The third-order valence-corrected chi connectivity index (χ3v) is 6.03. The van der Waals surface area contributed by atoms with Gasteiger partial charge in [0.25, 0.3) is 0 Å². The van der Waals surface area contributed by atoms with Gasteiger partial charge in [0.05, 0.1) is 7.11 Å². The van der Waals surface area contributed by atoms with Gasteiger partial charge >= 0.3 is 5.97 Å². The number of hydrogen-bond acceptors (Lipinski definition) is 3. The summed E-state index contributed by atoms with van der Waals surface area (Å²) in [5.74, 6) is -0.247. The number of carbonyl (C=O) groups is 2. The van der Waals surface area contributed by atoms with Crippen molar-refractivity contribution >= 4 is 17.6 Å². The van der Waals surface area contributed by atoms with Crippen LogP contribution in [-0.4, -0.2) is 23.6 Å². The molecule has 0 bridgehead atoms. The highest BCUT2D eigenvalue weighted by atomic mass is 16.5. The van der Waals surface area contributed by atoms with Gasteiger partial charge in [-0.25, -0.2) is 4.79 Å². The molecule has 5 heteroatoms. The van der Waals surface area contributed by atoms with Gasteiger partial charge in [-0.2, -0.15) is 0 Å². The number of aromatic nitrogens is 1. The van der Waals surface area contributed by atoms with Crippen LogP contribution in [0.2, 0.25) is 0 Å². The van der Waals surface area contributed by atoms with E-state index in [-0.39, 0.29) is 17.3 Å². The molecule has 2 aromatic rings. The van der Waals surface area contributed by atoms with E-state index < -0.39 is 0 Å². The number of anilines is 1. The van der Waals surface area contributed by atoms with Gasteiger partial charge in [-0.1, -0.05) is 25.1 Å². The Morgan fingerprint density at radius 3 is 2.85 bits per heavy atom. The Hall–Kier alpha value is -2.56. The fourth-order valence-electron chi connectivity index (χ4n) is 4.68. The average molecular weight is 352 g/mol. The first kappa shape index (κ1) is 16.9. The standard InChI is InChI=1S/C21H24N2O3/c1-3-21-10-6-12-23-17(20(25)26-2)13-15(19(21)23)14-7-4-5-8-16(14)22-18(24)9-11-21/h4-5,7-8,13H,3,6,9-12H2,1-2H3,(H,22,24)/t21-/m1/s1. The predicted molar refractivity (Wildman–Crippen MR) is 100 cm³/mol. The highest BCUT2D eigenvalue weighted by molar-refractivity contribution is 5.98. The third kappa shape index (κ3) is 2.45. The quantitative estimate of drug-likeness (QED) is 0.827. The summed E-state index contributed by atoms with van der Waals surface area (Å²) in [6, 6.07) is 9.80. The molecule has 1 atom stereocenters. The van der Waals surface area contributed by atoms with E-state index >= 15 is 0 Å². The summed E-state index contributed by atoms with van der Waals surface area (Å²) in [5.41, 5.74) is 4.53. The lowest BCUT2D eigenvalue weighted by molar-refractivity contribution is -0.116. The average Bonchev–Trinajstić information content (AvgIpc) is 3.07. The molecule has 1 aromatic heterocycles. The Morgan fingerprint density at radius 1 is 1.27 bits per heavy atom. The van der Waals surface area contributed by atoms with E-state index in [4.69, 9.17) is 4.74 Å². The number of nitrogens with one attached hydrogen (secondary N) is 1. The van der Waals surface area contributed by atoms with E-state index in [1.54, 1.807) is 0 Å². The number of esters is 1. The Bertz CT molecular complexity index is 883. The van der Waals surface area contributed by atoms with Crippen molar-refractivity contribution in [3.63, 3.8) is 0 Å². The Kier molecular flexibility index (Phi) is 4.10. The zero-order valence-corrected chi connectivity index (χ0v) is 15.3. The summed E-state index contributed by atoms with van der Waals surface area (Å²) in [6.07, 6.45) is 4.26. The number of hydrogen-bond donors (Lipinski definition) is 1. The number of ether oxygens (including phenoxy) is 1. The van der Waals surface area contributed by atoms with Crippen LogP contribution < -0.4 is 5.32 Å². The van der Waals surface area contributed by atoms with Crippen molar-refractivity contribution in [2.45, 2.75) is 51.0 Å². The normalized spacial score (nSPS) is 21.5. The Labute approximate surface area is 153 Å². The van der Waals surface area contributed by atoms with Crippen LogP contribution in [0.3, 0.4) is 0 Å². The van der Waals surface area contributed by atoms with E-state index in [0.29, 0.717) is 12.1 Å². The van der Waals surface area contributed by atoms with Gasteiger partial charge in [0, 0.05) is 40.9 Å². The maximum atomic E-state index is 12.5. The minimum absolute atomic E-state index is 0.0562. The minimum Gasteiger partial charge on any atom is -0.464 e. The van der Waals surface area contributed by atoms with Gasteiger partial charge in [-0.05, 0) is 37.8 Å². The second-order valence-electron chi connectivity index (χ2n) is 7.27. The van der Waals surface area contributed by atoms with Crippen LogP contribution in [-0.2, 0) is 21.5 Å². The molecule has 3 heterocycles. The summed E-state index contributed by atoms with van der Waals surface area (Å²) in [7, 11) is 1.43. The predicted octanol–water partition coefficient (Wildman–Crippen LogP) is 4.12. The zero-order valence-electron chi connectivity index (χ0n) is 15.3. The maximum absolute atomic E-state index is 12.5. The molecule has 136 valence electrons. The molecule has 4 rings (SSSR count). The van der Waals surface area contributed by atoms with Crippen LogP contribution in [0.15, 0.2) is 30.3 Å². The maximum Gasteiger partial charge on any atom is 0.354 e. The highest BCUT2D eigenvalue weighted by Crippen LogP contribution is 2.48. The number of fused-ring (bicyclic) bond motifs is 2. The second kappa shape index (κ2) is 6.31. The smallest absolute Gasteiger partial charge is 0.354 e. The van der Waals surface area contributed by atoms with Gasteiger partial charge in [-0.3, -0.25) is 4.79 Å². The number of amides is 1. The molecule has 0 fully saturated rings. The molecule has 0 saturated heterocycles. The Morgan fingerprint density at radius 2 is 2.08 bits per heavy atom. The van der Waals surface area contributed by atoms with Crippen LogP contribution >= 0.6 is 0 Å². The van der Waals surface area contributed by atoms with Gasteiger partial charge < -0.3 is 14.6 Å². The lowest BCUT2D eigenvalue weighted by atomic mass is 9.70. The molecule has 0 aliphatic carbocycles. The first-order valence-corrected chi connectivity index (χ1v) is 9.31. The first-order chi connectivity index (χ1) is 12.6. The van der Waals surface area contributed by atoms with Crippen molar-refractivity contribution in [1.82, 2.24) is 4.57 Å². The molecule has 2 aliphatic heterocycles. The van der Waals surface area contributed by atoms with E-state index in [1.807, 2.05) is 30.3 Å². The van der Waals surface area contributed by atoms with Gasteiger partial charge in [0.15, 0.2) is 0 Å². The number of benzene rings is 1. The fourth-order valence-corrected chi connectivity index (χ4v) is 4.68. The zero-order chi connectivity index (χ0) is 18.3. The lowest BCUT2D eigenvalue weighted by Gasteiger charge is -2.39. The molecule has 0 radical (unpaired) electrons. The molecule has 1 N–H and O–H groups in total. The Balaban J connectivity index is 2.05. The van der Waals surface area contributed by atoms with Crippen LogP contribution in [0.4, 0.5) is 5.69 Å². The van der Waals surface area contributed by atoms with Gasteiger partial charge in [0.1, 0.15) is 5.69 Å². The summed E-state index contributed by atoms with van der Waals surface area (Å²) < 4.78 is 7.18. The minimum atomic E-state index is -0.303. The first-order valence-electron chi connectivity index (χ1n) is 9.31. The van der Waals surface area contributed by atoms with Crippen molar-refractivity contribution in [3.8, 4) is 11.1 Å². The molecule has 1 aromatic carbocycles. The molecule has 26 heavy (non-hydrogen) atoms. The molecule has 2 aliphatic rings. The number of carbonyl (C=O) groups excluding carboxylic acids is 2. The van der Waals surface area contributed by atoms with E-state index in [0.717, 1.165) is 49.0 Å². The van der Waals surface area contributed by atoms with Crippen molar-refractivity contribution in [3.05, 3.63) is 41.7 Å². The number of rotatable bonds is 2. The fraction of sp³-hybridized carbons (Fsp3) is 0.429.